The fourth-order valence-electron chi connectivity index (χ4n) is 4.72. The van der Waals surface area contributed by atoms with Gasteiger partial charge in [0.25, 0.3) is 0 Å². The van der Waals surface area contributed by atoms with Crippen molar-refractivity contribution in [3.05, 3.63) is 36.2 Å². The van der Waals surface area contributed by atoms with Crippen molar-refractivity contribution in [1.82, 2.24) is 9.88 Å². The Morgan fingerprint density at radius 2 is 1.92 bits per heavy atom. The Kier molecular flexibility index (Phi) is 4.70. The minimum atomic E-state index is 0.565. The highest BCUT2D eigenvalue weighted by Gasteiger charge is 2.26. The van der Waals surface area contributed by atoms with Crippen LogP contribution in [-0.2, 0) is 0 Å². The van der Waals surface area contributed by atoms with E-state index < -0.39 is 0 Å². The van der Waals surface area contributed by atoms with Crippen molar-refractivity contribution >= 4 is 16.5 Å². The molecule has 2 aromatic rings. The van der Waals surface area contributed by atoms with Crippen LogP contribution in [0.3, 0.4) is 0 Å². The van der Waals surface area contributed by atoms with E-state index in [1.54, 1.807) is 0 Å². The third kappa shape index (κ3) is 3.41. The zero-order valence-electron chi connectivity index (χ0n) is 14.6. The van der Waals surface area contributed by atoms with Crippen LogP contribution in [0.2, 0.25) is 0 Å². The maximum atomic E-state index is 5.95. The SMILES string of the molecule is Nc1ccc2c(C3CCCN(CC4CCCCC4)C3)nccc2c1. The molecule has 2 fully saturated rings. The van der Waals surface area contributed by atoms with Gasteiger partial charge >= 0.3 is 0 Å². The summed E-state index contributed by atoms with van der Waals surface area (Å²) in [6.45, 7) is 3.74. The normalized spacial score (nSPS) is 23.6. The second-order valence-electron chi connectivity index (χ2n) is 7.78. The number of nitrogen functional groups attached to an aromatic ring is 1. The van der Waals surface area contributed by atoms with Gasteiger partial charge in [-0.15, -0.1) is 0 Å². The number of nitrogens with two attached hydrogens (primary N) is 1. The topological polar surface area (TPSA) is 42.1 Å². The van der Waals surface area contributed by atoms with Crippen LogP contribution in [0.4, 0.5) is 5.69 Å². The van der Waals surface area contributed by atoms with Crippen LogP contribution in [-0.4, -0.2) is 29.5 Å². The molecule has 0 spiro atoms. The average molecular weight is 323 g/mol. The van der Waals surface area contributed by atoms with Crippen molar-refractivity contribution in [2.45, 2.75) is 50.9 Å². The van der Waals surface area contributed by atoms with Gasteiger partial charge in [-0.05, 0) is 61.7 Å². The van der Waals surface area contributed by atoms with Crippen molar-refractivity contribution in [1.29, 1.82) is 0 Å². The molecule has 1 aromatic carbocycles. The van der Waals surface area contributed by atoms with E-state index in [0.717, 1.165) is 11.6 Å². The molecule has 1 atom stereocenters. The van der Waals surface area contributed by atoms with Gasteiger partial charge in [-0.1, -0.05) is 25.3 Å². The summed E-state index contributed by atoms with van der Waals surface area (Å²) in [6, 6.07) is 8.32. The lowest BCUT2D eigenvalue weighted by Gasteiger charge is -2.36. The molecule has 2 N–H and O–H groups in total. The molecule has 3 nitrogen and oxygen atoms in total. The Labute approximate surface area is 145 Å². The number of rotatable bonds is 3. The molecule has 0 radical (unpaired) electrons. The van der Waals surface area contributed by atoms with Crippen LogP contribution in [0.25, 0.3) is 10.8 Å². The van der Waals surface area contributed by atoms with Crippen molar-refractivity contribution in [3.63, 3.8) is 0 Å². The highest BCUT2D eigenvalue weighted by molar-refractivity contribution is 5.87. The Bertz CT molecular complexity index is 691. The van der Waals surface area contributed by atoms with Gasteiger partial charge in [0.1, 0.15) is 0 Å². The van der Waals surface area contributed by atoms with Gasteiger partial charge < -0.3 is 10.6 Å². The second-order valence-corrected chi connectivity index (χ2v) is 7.78. The molecular formula is C21H29N3. The molecule has 24 heavy (non-hydrogen) atoms. The van der Waals surface area contributed by atoms with E-state index >= 15 is 0 Å². The third-order valence-electron chi connectivity index (χ3n) is 5.95. The Morgan fingerprint density at radius 3 is 2.79 bits per heavy atom. The summed E-state index contributed by atoms with van der Waals surface area (Å²) in [5.41, 5.74) is 8.06. The minimum absolute atomic E-state index is 0.565. The maximum Gasteiger partial charge on any atom is 0.0525 e. The monoisotopic (exact) mass is 323 g/mol. The summed E-state index contributed by atoms with van der Waals surface area (Å²) in [5, 5.41) is 2.51. The number of hydrogen-bond acceptors (Lipinski definition) is 3. The molecule has 2 aliphatic rings. The molecule has 0 amide bonds. The highest BCUT2D eigenvalue weighted by Crippen LogP contribution is 2.33. The zero-order chi connectivity index (χ0) is 16.4. The van der Waals surface area contributed by atoms with Crippen LogP contribution >= 0.6 is 0 Å². The predicted molar refractivity (Wildman–Crippen MR) is 101 cm³/mol. The van der Waals surface area contributed by atoms with Crippen LogP contribution < -0.4 is 5.73 Å². The van der Waals surface area contributed by atoms with Crippen LogP contribution in [0, 0.1) is 5.92 Å². The van der Waals surface area contributed by atoms with Crippen molar-refractivity contribution in [2.24, 2.45) is 5.92 Å². The van der Waals surface area contributed by atoms with Gasteiger partial charge in [-0.2, -0.15) is 0 Å². The van der Waals surface area contributed by atoms with Gasteiger partial charge in [0, 0.05) is 36.3 Å². The molecule has 1 saturated carbocycles. The van der Waals surface area contributed by atoms with Gasteiger partial charge in [0.05, 0.1) is 5.69 Å². The summed E-state index contributed by atoms with van der Waals surface area (Å²) in [5.74, 6) is 1.49. The smallest absolute Gasteiger partial charge is 0.0525 e. The van der Waals surface area contributed by atoms with E-state index in [-0.39, 0.29) is 0 Å². The molecular weight excluding hydrogens is 294 g/mol. The van der Waals surface area contributed by atoms with E-state index in [4.69, 9.17) is 10.7 Å². The molecule has 1 unspecified atom stereocenters. The number of aromatic nitrogens is 1. The quantitative estimate of drug-likeness (QED) is 0.841. The molecule has 4 rings (SSSR count). The molecule has 0 bridgehead atoms. The largest absolute Gasteiger partial charge is 0.399 e. The lowest BCUT2D eigenvalue weighted by atomic mass is 9.87. The lowest BCUT2D eigenvalue weighted by molar-refractivity contribution is 0.160. The van der Waals surface area contributed by atoms with E-state index in [9.17, 15) is 0 Å². The van der Waals surface area contributed by atoms with Crippen LogP contribution in [0.5, 0.6) is 0 Å². The number of anilines is 1. The van der Waals surface area contributed by atoms with Crippen LogP contribution in [0.15, 0.2) is 30.5 Å². The molecule has 1 aliphatic heterocycles. The number of nitrogens with zero attached hydrogens (tertiary/aromatic N) is 2. The molecule has 1 aromatic heterocycles. The van der Waals surface area contributed by atoms with Gasteiger partial charge in [0.2, 0.25) is 0 Å². The summed E-state index contributed by atoms with van der Waals surface area (Å²) in [6.07, 6.45) is 11.7. The standard InChI is InChI=1S/C21H29N3/c22-19-8-9-20-17(13-19)10-11-23-21(20)18-7-4-12-24(15-18)14-16-5-2-1-3-6-16/h8-11,13,16,18H,1-7,12,14-15,22H2. The molecule has 1 aliphatic carbocycles. The molecule has 1 saturated heterocycles. The van der Waals surface area contributed by atoms with Gasteiger partial charge in [-0.25, -0.2) is 0 Å². The average Bonchev–Trinajstić information content (AvgIpc) is 2.62. The van der Waals surface area contributed by atoms with Crippen LogP contribution in [0.1, 0.15) is 56.6 Å². The minimum Gasteiger partial charge on any atom is -0.399 e. The van der Waals surface area contributed by atoms with Gasteiger partial charge in [-0.3, -0.25) is 4.98 Å². The highest BCUT2D eigenvalue weighted by atomic mass is 15.1. The number of benzene rings is 1. The molecule has 3 heteroatoms. The number of piperidine rings is 1. The van der Waals surface area contributed by atoms with Crippen molar-refractivity contribution < 1.29 is 0 Å². The number of fused-ring (bicyclic) bond motifs is 1. The van der Waals surface area contributed by atoms with E-state index in [2.05, 4.69) is 23.1 Å². The summed E-state index contributed by atoms with van der Waals surface area (Å²) < 4.78 is 0. The predicted octanol–water partition coefficient (Wildman–Crippen LogP) is 4.58. The lowest BCUT2D eigenvalue weighted by Crippen LogP contribution is -2.38. The Hall–Kier alpha value is -1.61. The van der Waals surface area contributed by atoms with Gasteiger partial charge in [0.15, 0.2) is 0 Å². The Balaban J connectivity index is 1.51. The summed E-state index contributed by atoms with van der Waals surface area (Å²) in [4.78, 5) is 7.48. The summed E-state index contributed by atoms with van der Waals surface area (Å²) >= 11 is 0. The number of pyridine rings is 1. The fourth-order valence-corrected chi connectivity index (χ4v) is 4.72. The first kappa shape index (κ1) is 15.9. The number of hydrogen-bond donors (Lipinski definition) is 1. The van der Waals surface area contributed by atoms with Crippen molar-refractivity contribution in [2.75, 3.05) is 25.4 Å². The summed E-state index contributed by atoms with van der Waals surface area (Å²) in [7, 11) is 0. The first-order valence-corrected chi connectivity index (χ1v) is 9.66. The van der Waals surface area contributed by atoms with E-state index in [1.807, 2.05) is 12.3 Å². The molecule has 128 valence electrons. The van der Waals surface area contributed by atoms with E-state index in [0.29, 0.717) is 5.92 Å². The maximum absolute atomic E-state index is 5.95. The first-order chi connectivity index (χ1) is 11.8. The molecule has 2 heterocycles. The van der Waals surface area contributed by atoms with E-state index in [1.165, 1.54) is 81.0 Å². The van der Waals surface area contributed by atoms with Crippen molar-refractivity contribution in [3.8, 4) is 0 Å². The zero-order valence-corrected chi connectivity index (χ0v) is 14.6. The third-order valence-corrected chi connectivity index (χ3v) is 5.95. The number of likely N-dealkylation sites (tertiary alicyclic amines) is 1. The second kappa shape index (κ2) is 7.10. The fraction of sp³-hybridized carbons (Fsp3) is 0.571. The Morgan fingerprint density at radius 1 is 1.04 bits per heavy atom. The first-order valence-electron chi connectivity index (χ1n) is 9.66.